The second-order valence-electron chi connectivity index (χ2n) is 13.0. The minimum Gasteiger partial charge on any atom is -0.310 e. The van der Waals surface area contributed by atoms with E-state index in [1.54, 1.807) is 0 Å². The summed E-state index contributed by atoms with van der Waals surface area (Å²) in [6, 6.07) is 67.4. The monoisotopic (exact) mass is 673 g/mol. The number of hydrogen-bond donors (Lipinski definition) is 0. The zero-order chi connectivity index (χ0) is 33.9. The van der Waals surface area contributed by atoms with Crippen molar-refractivity contribution in [3.8, 4) is 0 Å². The second-order valence-corrected chi connectivity index (χ2v) is 15.6. The molecular weight excluding hydrogens is 642 g/mol. The number of fused-ring (bicyclic) bond motifs is 5. The lowest BCUT2D eigenvalue weighted by molar-refractivity contribution is 0.592. The summed E-state index contributed by atoms with van der Waals surface area (Å²) in [6.45, 7) is 0. The van der Waals surface area contributed by atoms with Crippen LogP contribution in [-0.2, 0) is 4.57 Å². The summed E-state index contributed by atoms with van der Waals surface area (Å²) in [7, 11) is -3.43. The molecule has 0 amide bonds. The summed E-state index contributed by atoms with van der Waals surface area (Å²) in [5, 5.41) is 4.74. The van der Waals surface area contributed by atoms with E-state index < -0.39 is 7.14 Å². The topological polar surface area (TPSA) is 26.8 Å². The average molecular weight is 674 g/mol. The Morgan fingerprint density at radius 1 is 0.373 bits per heavy atom. The van der Waals surface area contributed by atoms with Gasteiger partial charge in [0.25, 0.3) is 0 Å². The van der Waals surface area contributed by atoms with E-state index in [2.05, 4.69) is 185 Å². The molecule has 0 radical (unpaired) electrons. The highest BCUT2D eigenvalue weighted by atomic mass is 31.2. The molecule has 10 rings (SSSR count). The van der Waals surface area contributed by atoms with Gasteiger partial charge in [-0.25, -0.2) is 0 Å². The van der Waals surface area contributed by atoms with Crippen LogP contribution in [-0.4, -0.2) is 0 Å². The molecule has 0 fully saturated rings. The first-order valence-electron chi connectivity index (χ1n) is 17.2. The molecule has 0 bridgehead atoms. The Kier molecular flexibility index (Phi) is 6.74. The fourth-order valence-electron chi connectivity index (χ4n) is 7.89. The SMILES string of the molecule is O=P12c3ccc(N(c4ccccc4)c4ccccc4)cc3N(c3ccccc3)c3cccc(c31)N(c1ccccc1)c1cc3ccccc3cc12. The first kappa shape index (κ1) is 29.6. The number of anilines is 9. The molecule has 0 saturated carbocycles. The summed E-state index contributed by atoms with van der Waals surface area (Å²) < 4.78 is 16.7. The van der Waals surface area contributed by atoms with Crippen LogP contribution < -0.4 is 30.6 Å². The molecule has 2 aliphatic rings. The molecule has 0 aromatic heterocycles. The first-order chi connectivity index (χ1) is 25.2. The van der Waals surface area contributed by atoms with E-state index in [0.717, 1.165) is 77.9 Å². The van der Waals surface area contributed by atoms with Gasteiger partial charge in [0, 0.05) is 39.0 Å². The van der Waals surface area contributed by atoms with Crippen molar-refractivity contribution in [1.82, 2.24) is 0 Å². The Balaban J connectivity index is 1.30. The van der Waals surface area contributed by atoms with E-state index in [4.69, 9.17) is 0 Å². The average Bonchev–Trinajstić information content (AvgIpc) is 3.19. The molecule has 0 saturated heterocycles. The molecule has 0 spiro atoms. The van der Waals surface area contributed by atoms with Crippen LogP contribution in [0, 0.1) is 0 Å². The maximum atomic E-state index is 16.7. The van der Waals surface area contributed by atoms with Gasteiger partial charge in [0.05, 0.1) is 28.1 Å². The molecule has 5 heteroatoms. The summed E-state index contributed by atoms with van der Waals surface area (Å²) in [5.41, 5.74) is 8.86. The molecule has 4 nitrogen and oxygen atoms in total. The highest BCUT2D eigenvalue weighted by Gasteiger charge is 2.48. The van der Waals surface area contributed by atoms with Gasteiger partial charge in [-0.1, -0.05) is 103 Å². The summed E-state index contributed by atoms with van der Waals surface area (Å²) in [5.74, 6) is 0. The van der Waals surface area contributed by atoms with Gasteiger partial charge in [0.2, 0.25) is 0 Å². The smallest absolute Gasteiger partial charge is 0.179 e. The molecule has 2 aliphatic heterocycles. The summed E-state index contributed by atoms with van der Waals surface area (Å²) in [6.07, 6.45) is 0. The minimum absolute atomic E-state index is 0.834. The fraction of sp³-hybridized carbons (Fsp3) is 0. The van der Waals surface area contributed by atoms with Gasteiger partial charge >= 0.3 is 0 Å². The van der Waals surface area contributed by atoms with E-state index in [9.17, 15) is 0 Å². The van der Waals surface area contributed by atoms with Crippen molar-refractivity contribution in [3.05, 3.63) is 194 Å². The third kappa shape index (κ3) is 4.50. The van der Waals surface area contributed by atoms with Crippen LogP contribution in [0.4, 0.5) is 51.2 Å². The van der Waals surface area contributed by atoms with Crippen molar-refractivity contribution in [2.75, 3.05) is 14.7 Å². The molecule has 0 aliphatic carbocycles. The van der Waals surface area contributed by atoms with Crippen LogP contribution in [0.5, 0.6) is 0 Å². The van der Waals surface area contributed by atoms with Gasteiger partial charge in [-0.2, -0.15) is 0 Å². The molecule has 2 heterocycles. The predicted octanol–water partition coefficient (Wildman–Crippen LogP) is 11.5. The largest absolute Gasteiger partial charge is 0.310 e. The van der Waals surface area contributed by atoms with Crippen molar-refractivity contribution in [2.45, 2.75) is 0 Å². The molecule has 8 aromatic rings. The van der Waals surface area contributed by atoms with Gasteiger partial charge in [0.15, 0.2) is 7.14 Å². The van der Waals surface area contributed by atoms with Gasteiger partial charge in [-0.15, -0.1) is 0 Å². The highest BCUT2D eigenvalue weighted by Crippen LogP contribution is 2.62. The van der Waals surface area contributed by atoms with Crippen molar-refractivity contribution < 1.29 is 4.57 Å². The van der Waals surface area contributed by atoms with Crippen molar-refractivity contribution in [1.29, 1.82) is 0 Å². The zero-order valence-corrected chi connectivity index (χ0v) is 28.6. The third-order valence-electron chi connectivity index (χ3n) is 10.1. The lowest BCUT2D eigenvalue weighted by Gasteiger charge is -2.45. The molecule has 1 atom stereocenters. The Labute approximate surface area is 297 Å². The first-order valence-corrected chi connectivity index (χ1v) is 18.9. The van der Waals surface area contributed by atoms with Gasteiger partial charge < -0.3 is 19.3 Å². The molecule has 8 aromatic carbocycles. The lowest BCUT2D eigenvalue weighted by Crippen LogP contribution is -2.43. The van der Waals surface area contributed by atoms with Crippen LogP contribution in [0.3, 0.4) is 0 Å². The standard InChI is InChI=1S/C46H32N3OP/c50-51-44-29-28-39(47(35-18-5-1-6-19-35)36-20-7-2-8-21-36)32-43(44)49(38-24-11-4-12-25-38)41-27-15-26-40(46(41)51)48(37-22-9-3-10-23-37)42-30-33-16-13-14-17-34(33)31-45(42)51/h1-32H. The predicted molar refractivity (Wildman–Crippen MR) is 215 cm³/mol. The van der Waals surface area contributed by atoms with Crippen LogP contribution in [0.2, 0.25) is 0 Å². The van der Waals surface area contributed by atoms with Gasteiger partial charge in [-0.3, -0.25) is 0 Å². The van der Waals surface area contributed by atoms with E-state index in [1.165, 1.54) is 0 Å². The number of rotatable bonds is 5. The highest BCUT2D eigenvalue weighted by molar-refractivity contribution is 7.86. The Morgan fingerprint density at radius 2 is 0.843 bits per heavy atom. The van der Waals surface area contributed by atoms with E-state index >= 15 is 4.57 Å². The van der Waals surface area contributed by atoms with Crippen LogP contribution >= 0.6 is 7.14 Å². The number of hydrogen-bond acceptors (Lipinski definition) is 4. The van der Waals surface area contributed by atoms with Gasteiger partial charge in [0.1, 0.15) is 0 Å². The van der Waals surface area contributed by atoms with Gasteiger partial charge in [-0.05, 0) is 102 Å². The Morgan fingerprint density at radius 3 is 1.39 bits per heavy atom. The molecule has 242 valence electrons. The maximum absolute atomic E-state index is 16.7. The molecular formula is C46H32N3OP. The fourth-order valence-corrected chi connectivity index (χ4v) is 11.2. The van der Waals surface area contributed by atoms with E-state index in [-0.39, 0.29) is 0 Å². The number of nitrogens with zero attached hydrogens (tertiary/aromatic N) is 3. The van der Waals surface area contributed by atoms with Crippen molar-refractivity contribution in [3.63, 3.8) is 0 Å². The molecule has 51 heavy (non-hydrogen) atoms. The maximum Gasteiger partial charge on any atom is 0.179 e. The Bertz CT molecular complexity index is 2590. The summed E-state index contributed by atoms with van der Waals surface area (Å²) in [4.78, 5) is 6.87. The second kappa shape index (κ2) is 11.6. The normalized spacial score (nSPS) is 15.5. The lowest BCUT2D eigenvalue weighted by atomic mass is 10.1. The number of benzene rings is 8. The van der Waals surface area contributed by atoms with Crippen molar-refractivity contribution in [2.24, 2.45) is 0 Å². The molecule has 0 N–H and O–H groups in total. The Hall–Kier alpha value is -6.35. The molecule has 1 unspecified atom stereocenters. The van der Waals surface area contributed by atoms with Crippen LogP contribution in [0.1, 0.15) is 0 Å². The quantitative estimate of drug-likeness (QED) is 0.170. The zero-order valence-electron chi connectivity index (χ0n) is 27.7. The van der Waals surface area contributed by atoms with Crippen LogP contribution in [0.15, 0.2) is 194 Å². The minimum atomic E-state index is -3.43. The third-order valence-corrected chi connectivity index (χ3v) is 13.2. The van der Waals surface area contributed by atoms with E-state index in [1.807, 2.05) is 24.3 Å². The number of para-hydroxylation sites is 4. The van der Waals surface area contributed by atoms with E-state index in [0.29, 0.717) is 0 Å². The van der Waals surface area contributed by atoms with Crippen LogP contribution in [0.25, 0.3) is 10.8 Å². The van der Waals surface area contributed by atoms with Crippen molar-refractivity contribution >= 4 is 85.0 Å². The summed E-state index contributed by atoms with van der Waals surface area (Å²) >= 11 is 0.